The smallest absolute Gasteiger partial charge is 0.232 e. The van der Waals surface area contributed by atoms with Crippen molar-refractivity contribution in [2.45, 2.75) is 39.8 Å². The second-order valence-electron chi connectivity index (χ2n) is 6.42. The zero-order valence-corrected chi connectivity index (χ0v) is 13.6. The highest BCUT2D eigenvalue weighted by atomic mass is 16.3. The summed E-state index contributed by atoms with van der Waals surface area (Å²) in [6, 6.07) is 4.06. The standard InChI is InChI=1S/C17H21N3O3/c1-10-4-14-15(5-11(10)2)19(9-18-14)7-13(21)8-20-16(22)6-12(3)17(20)23/h4-5,9,12-13,21H,6-8H2,1-3H3/t12-,13-/m1/s1. The van der Waals surface area contributed by atoms with Crippen LogP contribution in [0.15, 0.2) is 18.5 Å². The molecule has 0 saturated carbocycles. The number of hydrogen-bond acceptors (Lipinski definition) is 4. The van der Waals surface area contributed by atoms with Gasteiger partial charge in [0.1, 0.15) is 0 Å². The Bertz CT molecular complexity index is 781. The van der Waals surface area contributed by atoms with Gasteiger partial charge in [-0.3, -0.25) is 14.5 Å². The lowest BCUT2D eigenvalue weighted by molar-refractivity contribution is -0.141. The number of carbonyl (C=O) groups excluding carboxylic acids is 2. The van der Waals surface area contributed by atoms with Gasteiger partial charge in [0.25, 0.3) is 0 Å². The van der Waals surface area contributed by atoms with Gasteiger partial charge in [-0.1, -0.05) is 6.92 Å². The van der Waals surface area contributed by atoms with Crippen LogP contribution in [0.25, 0.3) is 11.0 Å². The molecule has 0 aliphatic carbocycles. The number of aromatic nitrogens is 2. The molecule has 2 atom stereocenters. The monoisotopic (exact) mass is 315 g/mol. The molecular weight excluding hydrogens is 294 g/mol. The number of aryl methyl sites for hydroxylation is 2. The minimum Gasteiger partial charge on any atom is -0.389 e. The van der Waals surface area contributed by atoms with Crippen molar-refractivity contribution < 1.29 is 14.7 Å². The number of β-amino-alcohol motifs (C(OH)–C–C–N with tert-alkyl or cyclic N) is 1. The van der Waals surface area contributed by atoms with Gasteiger partial charge in [-0.2, -0.15) is 0 Å². The molecular formula is C17H21N3O3. The van der Waals surface area contributed by atoms with Crippen LogP contribution in [-0.2, 0) is 16.1 Å². The zero-order chi connectivity index (χ0) is 16.7. The van der Waals surface area contributed by atoms with Crippen LogP contribution in [0, 0.1) is 19.8 Å². The van der Waals surface area contributed by atoms with E-state index in [4.69, 9.17) is 0 Å². The van der Waals surface area contributed by atoms with Gasteiger partial charge in [-0.15, -0.1) is 0 Å². The van der Waals surface area contributed by atoms with E-state index in [2.05, 4.69) is 4.98 Å². The number of imidazole rings is 1. The quantitative estimate of drug-likeness (QED) is 0.866. The van der Waals surface area contributed by atoms with Crippen molar-refractivity contribution in [1.82, 2.24) is 14.5 Å². The van der Waals surface area contributed by atoms with E-state index in [1.165, 1.54) is 10.5 Å². The van der Waals surface area contributed by atoms with Gasteiger partial charge < -0.3 is 9.67 Å². The summed E-state index contributed by atoms with van der Waals surface area (Å²) in [5.74, 6) is -0.686. The molecule has 3 rings (SSSR count). The lowest BCUT2D eigenvalue weighted by atomic mass is 10.1. The van der Waals surface area contributed by atoms with Gasteiger partial charge in [-0.05, 0) is 37.1 Å². The molecule has 6 nitrogen and oxygen atoms in total. The number of hydrogen-bond donors (Lipinski definition) is 1. The summed E-state index contributed by atoms with van der Waals surface area (Å²) < 4.78 is 1.86. The van der Waals surface area contributed by atoms with Crippen LogP contribution in [0.1, 0.15) is 24.5 Å². The Hall–Kier alpha value is -2.21. The zero-order valence-electron chi connectivity index (χ0n) is 13.6. The number of nitrogens with zero attached hydrogens (tertiary/aromatic N) is 3. The van der Waals surface area contributed by atoms with Crippen molar-refractivity contribution in [2.24, 2.45) is 5.92 Å². The Kier molecular flexibility index (Phi) is 3.93. The van der Waals surface area contributed by atoms with Crippen LogP contribution < -0.4 is 0 Å². The highest BCUT2D eigenvalue weighted by Gasteiger charge is 2.36. The first-order valence-electron chi connectivity index (χ1n) is 7.81. The third-order valence-corrected chi connectivity index (χ3v) is 4.51. The Morgan fingerprint density at radius 2 is 1.96 bits per heavy atom. The van der Waals surface area contributed by atoms with E-state index in [1.54, 1.807) is 13.3 Å². The lowest BCUT2D eigenvalue weighted by Gasteiger charge is -2.19. The van der Waals surface area contributed by atoms with E-state index >= 15 is 0 Å². The van der Waals surface area contributed by atoms with E-state index in [1.807, 2.05) is 30.5 Å². The van der Waals surface area contributed by atoms with Gasteiger partial charge in [0.15, 0.2) is 0 Å². The van der Waals surface area contributed by atoms with Crippen LogP contribution >= 0.6 is 0 Å². The number of fused-ring (bicyclic) bond motifs is 1. The molecule has 0 radical (unpaired) electrons. The summed E-state index contributed by atoms with van der Waals surface area (Å²) in [5.41, 5.74) is 4.15. The first-order valence-corrected chi connectivity index (χ1v) is 7.81. The molecule has 0 unspecified atom stereocenters. The average molecular weight is 315 g/mol. The number of benzene rings is 1. The van der Waals surface area contributed by atoms with Crippen molar-refractivity contribution in [2.75, 3.05) is 6.54 Å². The summed E-state index contributed by atoms with van der Waals surface area (Å²) in [4.78, 5) is 29.2. The number of carbonyl (C=O) groups is 2. The first-order chi connectivity index (χ1) is 10.9. The van der Waals surface area contributed by atoms with Crippen LogP contribution in [0.3, 0.4) is 0 Å². The molecule has 2 heterocycles. The van der Waals surface area contributed by atoms with Crippen LogP contribution in [0.5, 0.6) is 0 Å². The highest BCUT2D eigenvalue weighted by Crippen LogP contribution is 2.21. The molecule has 1 aromatic heterocycles. The SMILES string of the molecule is Cc1cc2ncn(C[C@@H](O)CN3C(=O)C[C@@H](C)C3=O)c2cc1C. The molecule has 0 spiro atoms. The van der Waals surface area contributed by atoms with E-state index in [9.17, 15) is 14.7 Å². The summed E-state index contributed by atoms with van der Waals surface area (Å²) in [6.07, 6.45) is 1.10. The predicted molar refractivity (Wildman–Crippen MR) is 85.7 cm³/mol. The second kappa shape index (κ2) is 5.77. The molecule has 2 amide bonds. The number of aliphatic hydroxyl groups is 1. The summed E-state index contributed by atoms with van der Waals surface area (Å²) in [7, 11) is 0. The van der Waals surface area contributed by atoms with Gasteiger partial charge in [-0.25, -0.2) is 4.98 Å². The Morgan fingerprint density at radius 3 is 2.61 bits per heavy atom. The molecule has 1 aliphatic rings. The number of rotatable bonds is 4. The number of amides is 2. The van der Waals surface area contributed by atoms with Gasteiger partial charge in [0.05, 0.1) is 36.6 Å². The predicted octanol–water partition coefficient (Wildman–Crippen LogP) is 1.41. The maximum atomic E-state index is 11.9. The third kappa shape index (κ3) is 2.86. The number of aliphatic hydroxyl groups excluding tert-OH is 1. The largest absolute Gasteiger partial charge is 0.389 e. The first kappa shape index (κ1) is 15.7. The molecule has 23 heavy (non-hydrogen) atoms. The van der Waals surface area contributed by atoms with Crippen molar-refractivity contribution in [3.8, 4) is 0 Å². The third-order valence-electron chi connectivity index (χ3n) is 4.51. The number of imide groups is 1. The number of likely N-dealkylation sites (tertiary alicyclic amines) is 1. The molecule has 1 saturated heterocycles. The van der Waals surface area contributed by atoms with E-state index in [0.717, 1.165) is 16.6 Å². The maximum absolute atomic E-state index is 11.9. The normalized spacial score (nSPS) is 19.8. The Morgan fingerprint density at radius 1 is 1.26 bits per heavy atom. The summed E-state index contributed by atoms with van der Waals surface area (Å²) >= 11 is 0. The van der Waals surface area contributed by atoms with Gasteiger partial charge >= 0.3 is 0 Å². The minimum absolute atomic E-state index is 0.0342. The average Bonchev–Trinajstić information content (AvgIpc) is 2.96. The fourth-order valence-electron chi connectivity index (χ4n) is 2.99. The Balaban J connectivity index is 1.76. The molecule has 1 fully saturated rings. The van der Waals surface area contributed by atoms with E-state index in [0.29, 0.717) is 6.54 Å². The maximum Gasteiger partial charge on any atom is 0.232 e. The minimum atomic E-state index is -0.813. The van der Waals surface area contributed by atoms with Crippen LogP contribution in [0.4, 0.5) is 0 Å². The topological polar surface area (TPSA) is 75.4 Å². The van der Waals surface area contributed by atoms with Crippen molar-refractivity contribution in [1.29, 1.82) is 0 Å². The van der Waals surface area contributed by atoms with Crippen LogP contribution in [-0.4, -0.2) is 44.0 Å². The van der Waals surface area contributed by atoms with Crippen LogP contribution in [0.2, 0.25) is 0 Å². The second-order valence-corrected chi connectivity index (χ2v) is 6.42. The molecule has 0 bridgehead atoms. The van der Waals surface area contributed by atoms with Crippen molar-refractivity contribution >= 4 is 22.8 Å². The summed E-state index contributed by atoms with van der Waals surface area (Å²) in [5, 5.41) is 10.3. The molecule has 6 heteroatoms. The summed E-state index contributed by atoms with van der Waals surface area (Å²) in [6.45, 7) is 6.14. The highest BCUT2D eigenvalue weighted by molar-refractivity contribution is 6.03. The fraction of sp³-hybridized carbons (Fsp3) is 0.471. The molecule has 1 aliphatic heterocycles. The molecule has 2 aromatic rings. The van der Waals surface area contributed by atoms with Crippen molar-refractivity contribution in [3.05, 3.63) is 29.6 Å². The van der Waals surface area contributed by atoms with E-state index < -0.39 is 6.10 Å². The van der Waals surface area contributed by atoms with Gasteiger partial charge in [0, 0.05) is 12.3 Å². The van der Waals surface area contributed by atoms with E-state index in [-0.39, 0.29) is 30.7 Å². The fourth-order valence-corrected chi connectivity index (χ4v) is 2.99. The van der Waals surface area contributed by atoms with Gasteiger partial charge in [0.2, 0.25) is 11.8 Å². The van der Waals surface area contributed by atoms with Crippen molar-refractivity contribution in [3.63, 3.8) is 0 Å². The Labute approximate surface area is 134 Å². The lowest BCUT2D eigenvalue weighted by Crippen LogP contribution is -2.38. The molecule has 122 valence electrons. The molecule has 1 N–H and O–H groups in total. The molecule has 1 aromatic carbocycles.